The second kappa shape index (κ2) is 3.98. The van der Waals surface area contributed by atoms with E-state index in [9.17, 15) is 9.59 Å². The molecule has 0 aromatic rings. The molecular formula is C11H20N2O3SSi. The highest BCUT2D eigenvalue weighted by atomic mass is 32.2. The summed E-state index contributed by atoms with van der Waals surface area (Å²) in [5, 5.41) is -0.101. The van der Waals surface area contributed by atoms with Crippen LogP contribution in [0.4, 0.5) is 0 Å². The average Bonchev–Trinajstić information content (AvgIpc) is 2.57. The van der Waals surface area contributed by atoms with Crippen LogP contribution in [0.2, 0.25) is 0 Å². The lowest BCUT2D eigenvalue weighted by atomic mass is 9.75. The third-order valence-corrected chi connectivity index (χ3v) is 7.06. The number of β-lactam (4-membered cyclic amide) rings is 1. The minimum Gasteiger partial charge on any atom is -0.527 e. The molecule has 2 heterocycles. The first-order chi connectivity index (χ1) is 8.21. The molecule has 7 heteroatoms. The van der Waals surface area contributed by atoms with Gasteiger partial charge in [-0.15, -0.1) is 11.8 Å². The van der Waals surface area contributed by atoms with E-state index < -0.39 is 11.6 Å². The zero-order valence-electron chi connectivity index (χ0n) is 11.4. The molecule has 2 saturated heterocycles. The fourth-order valence-corrected chi connectivity index (χ4v) is 5.16. The van der Waals surface area contributed by atoms with Crippen molar-refractivity contribution < 1.29 is 14.0 Å². The van der Waals surface area contributed by atoms with Gasteiger partial charge in [0.25, 0.3) is 0 Å². The van der Waals surface area contributed by atoms with Crippen LogP contribution >= 0.6 is 11.8 Å². The van der Waals surface area contributed by atoms with Crippen molar-refractivity contribution >= 4 is 34.1 Å². The Morgan fingerprint density at radius 2 is 2.11 bits per heavy atom. The van der Waals surface area contributed by atoms with Gasteiger partial charge in [-0.3, -0.25) is 9.59 Å². The number of thioether (sulfide) groups is 1. The van der Waals surface area contributed by atoms with E-state index in [4.69, 9.17) is 10.2 Å². The highest BCUT2D eigenvalue weighted by molar-refractivity contribution is 8.01. The molecule has 2 N–H and O–H groups in total. The van der Waals surface area contributed by atoms with Crippen molar-refractivity contribution in [1.82, 2.24) is 4.90 Å². The van der Waals surface area contributed by atoms with Crippen LogP contribution in [0.5, 0.6) is 0 Å². The Hall–Kier alpha value is -0.533. The summed E-state index contributed by atoms with van der Waals surface area (Å²) < 4.78 is 4.70. The molecule has 0 spiro atoms. The van der Waals surface area contributed by atoms with E-state index in [1.54, 1.807) is 16.7 Å². The number of carbonyl (C=O) groups is 2. The van der Waals surface area contributed by atoms with E-state index in [-0.39, 0.29) is 27.9 Å². The molecule has 2 rings (SSSR count). The number of nitrogens with two attached hydrogens (primary N) is 1. The number of hydrogen-bond acceptors (Lipinski definition) is 5. The van der Waals surface area contributed by atoms with Crippen LogP contribution in [0.3, 0.4) is 0 Å². The van der Waals surface area contributed by atoms with E-state index in [1.807, 2.05) is 13.8 Å². The Morgan fingerprint density at radius 3 is 2.56 bits per heavy atom. The molecule has 2 aliphatic rings. The molecule has 102 valence electrons. The monoisotopic (exact) mass is 288 g/mol. The molecule has 0 aromatic heterocycles. The lowest BCUT2D eigenvalue weighted by Crippen LogP contribution is -2.74. The minimum absolute atomic E-state index is 0.101. The van der Waals surface area contributed by atoms with Crippen LogP contribution in [0, 0.1) is 5.92 Å². The van der Waals surface area contributed by atoms with Crippen molar-refractivity contribution in [3.05, 3.63) is 0 Å². The Balaban J connectivity index is 2.50. The zero-order chi connectivity index (χ0) is 13.9. The van der Waals surface area contributed by atoms with Gasteiger partial charge in [-0.25, -0.2) is 0 Å². The van der Waals surface area contributed by atoms with Crippen LogP contribution < -0.4 is 5.73 Å². The van der Waals surface area contributed by atoms with Crippen LogP contribution in [0.25, 0.3) is 0 Å². The van der Waals surface area contributed by atoms with E-state index in [0.717, 1.165) is 0 Å². The smallest absolute Gasteiger partial charge is 0.319 e. The summed E-state index contributed by atoms with van der Waals surface area (Å²) in [5.41, 5.74) is 4.92. The summed E-state index contributed by atoms with van der Waals surface area (Å²) in [6.07, 6.45) is 0. The van der Waals surface area contributed by atoms with Gasteiger partial charge >= 0.3 is 5.97 Å². The topological polar surface area (TPSA) is 72.6 Å². The van der Waals surface area contributed by atoms with E-state index in [0.29, 0.717) is 10.5 Å². The standard InChI is InChI=1S/C11H20N2O3SSi/c1-5(2)11(4)10(3,9(15)16-18)13-7(14)6(12)8(13)17-11/h5-6,8H,12H2,1-4,18H3/t6-,8-,10+,11?/m1/s1. The van der Waals surface area contributed by atoms with Gasteiger partial charge in [-0.1, -0.05) is 13.8 Å². The van der Waals surface area contributed by atoms with Gasteiger partial charge in [0.1, 0.15) is 11.4 Å². The van der Waals surface area contributed by atoms with Gasteiger partial charge in [0.05, 0.1) is 4.75 Å². The molecule has 18 heavy (non-hydrogen) atoms. The Bertz CT molecular complexity index is 419. The summed E-state index contributed by atoms with van der Waals surface area (Å²) in [5.74, 6) is -0.217. The van der Waals surface area contributed by atoms with Gasteiger partial charge in [0, 0.05) is 0 Å². The normalized spacial score (nSPS) is 43.0. The van der Waals surface area contributed by atoms with E-state index >= 15 is 0 Å². The van der Waals surface area contributed by atoms with Crippen molar-refractivity contribution in [2.75, 3.05) is 0 Å². The predicted octanol–water partition coefficient (Wildman–Crippen LogP) is -0.774. The van der Waals surface area contributed by atoms with Crippen LogP contribution in [0.1, 0.15) is 27.7 Å². The summed E-state index contributed by atoms with van der Waals surface area (Å²) in [6, 6.07) is -0.489. The molecule has 0 bridgehead atoms. The van der Waals surface area contributed by atoms with E-state index in [1.165, 1.54) is 0 Å². The van der Waals surface area contributed by atoms with E-state index in [2.05, 4.69) is 13.8 Å². The maximum atomic E-state index is 12.3. The number of hydrogen-bond donors (Lipinski definition) is 1. The molecule has 2 aliphatic heterocycles. The van der Waals surface area contributed by atoms with Crippen molar-refractivity contribution in [3.8, 4) is 0 Å². The van der Waals surface area contributed by atoms with Gasteiger partial charge in [0.2, 0.25) is 16.4 Å². The lowest BCUT2D eigenvalue weighted by Gasteiger charge is -2.49. The Kier molecular flexibility index (Phi) is 3.07. The summed E-state index contributed by atoms with van der Waals surface area (Å²) in [6.45, 7) is 7.96. The fourth-order valence-electron chi connectivity index (χ4n) is 2.89. The second-order valence-electron chi connectivity index (χ2n) is 5.57. The van der Waals surface area contributed by atoms with Crippen molar-refractivity contribution in [2.45, 2.75) is 49.4 Å². The molecule has 4 atom stereocenters. The van der Waals surface area contributed by atoms with Gasteiger partial charge < -0.3 is 15.1 Å². The third-order valence-electron chi connectivity index (χ3n) is 4.58. The first kappa shape index (κ1) is 13.9. The minimum atomic E-state index is -0.912. The highest BCUT2D eigenvalue weighted by Crippen LogP contribution is 2.59. The summed E-state index contributed by atoms with van der Waals surface area (Å²) >= 11 is 1.63. The number of amides is 1. The third kappa shape index (κ3) is 1.32. The predicted molar refractivity (Wildman–Crippen MR) is 73.9 cm³/mol. The zero-order valence-corrected chi connectivity index (χ0v) is 14.2. The molecule has 1 unspecified atom stereocenters. The second-order valence-corrected chi connectivity index (χ2v) is 7.54. The molecule has 5 nitrogen and oxygen atoms in total. The van der Waals surface area contributed by atoms with Crippen molar-refractivity contribution in [1.29, 1.82) is 0 Å². The Labute approximate surface area is 114 Å². The summed E-state index contributed by atoms with van der Waals surface area (Å²) in [4.78, 5) is 25.9. The highest BCUT2D eigenvalue weighted by Gasteiger charge is 2.72. The quantitative estimate of drug-likeness (QED) is 0.533. The lowest BCUT2D eigenvalue weighted by molar-refractivity contribution is -0.167. The molecule has 2 fully saturated rings. The average molecular weight is 288 g/mol. The largest absolute Gasteiger partial charge is 0.527 e. The maximum Gasteiger partial charge on any atom is 0.319 e. The fraction of sp³-hybridized carbons (Fsp3) is 0.818. The number of fused-ring (bicyclic) bond motifs is 1. The van der Waals surface area contributed by atoms with Gasteiger partial charge in [-0.05, 0) is 19.8 Å². The molecular weight excluding hydrogens is 268 g/mol. The first-order valence-electron chi connectivity index (χ1n) is 6.06. The first-order valence-corrected chi connectivity index (χ1v) is 7.76. The maximum absolute atomic E-state index is 12.3. The summed E-state index contributed by atoms with van der Waals surface area (Å²) in [7, 11) is 0.334. The SMILES string of the molecule is CC(C)C1(C)S[C@@H]2[C@H](N)C(=O)N2[C@@]1(C)C(=O)O[SiH3]. The number of nitrogens with zero attached hydrogens (tertiary/aromatic N) is 1. The van der Waals surface area contributed by atoms with Crippen LogP contribution in [-0.4, -0.2) is 49.0 Å². The molecule has 1 amide bonds. The van der Waals surface area contributed by atoms with Crippen LogP contribution in [-0.2, 0) is 14.0 Å². The molecule has 0 radical (unpaired) electrons. The van der Waals surface area contributed by atoms with Crippen molar-refractivity contribution in [3.63, 3.8) is 0 Å². The Morgan fingerprint density at radius 1 is 1.56 bits per heavy atom. The molecule has 0 saturated carbocycles. The molecule has 0 aliphatic carbocycles. The van der Waals surface area contributed by atoms with Crippen LogP contribution in [0.15, 0.2) is 0 Å². The number of rotatable bonds is 2. The van der Waals surface area contributed by atoms with Crippen molar-refractivity contribution in [2.24, 2.45) is 11.7 Å². The van der Waals surface area contributed by atoms with Gasteiger partial charge in [-0.2, -0.15) is 0 Å². The van der Waals surface area contributed by atoms with Gasteiger partial charge in [0.15, 0.2) is 5.54 Å². The molecule has 0 aromatic carbocycles. The number of carbonyl (C=O) groups excluding carboxylic acids is 2.